The number of dihydropyridines is 1. The third kappa shape index (κ3) is 4.62. The van der Waals surface area contributed by atoms with Crippen LogP contribution in [0.2, 0.25) is 5.02 Å². The van der Waals surface area contributed by atoms with E-state index in [1.165, 1.54) is 0 Å². The Labute approximate surface area is 205 Å². The van der Waals surface area contributed by atoms with E-state index >= 15 is 0 Å². The number of hydrogen-bond acceptors (Lipinski definition) is 5. The number of para-hydroxylation sites is 1. The summed E-state index contributed by atoms with van der Waals surface area (Å²) in [5.74, 6) is -0.269. The molecule has 0 saturated carbocycles. The van der Waals surface area contributed by atoms with Crippen LogP contribution in [-0.2, 0) is 14.3 Å². The Balaban J connectivity index is 1.81. The van der Waals surface area contributed by atoms with Crippen LogP contribution in [0.4, 0.5) is 0 Å². The number of carbonyl (C=O) groups is 2. The first-order chi connectivity index (χ1) is 16.3. The molecule has 2 aliphatic rings. The van der Waals surface area contributed by atoms with Crippen LogP contribution in [0.15, 0.2) is 71.1 Å². The summed E-state index contributed by atoms with van der Waals surface area (Å²) in [6.07, 6.45) is 1.51. The Kier molecular flexibility index (Phi) is 7.13. The van der Waals surface area contributed by atoms with Crippen molar-refractivity contribution in [2.75, 3.05) is 7.11 Å². The summed E-state index contributed by atoms with van der Waals surface area (Å²) in [5.41, 5.74) is 4.49. The first-order valence-corrected chi connectivity index (χ1v) is 12.0. The van der Waals surface area contributed by atoms with Gasteiger partial charge in [-0.25, -0.2) is 4.79 Å². The SMILES string of the molecule is CC[C@@H](C)OC(=O)C1=C(C)NC2=C(C(=O)C[C@H](c3ccc(Cl)cc3)C2)[C@@H]1c1ccccc1OC. The van der Waals surface area contributed by atoms with E-state index in [9.17, 15) is 9.59 Å². The highest BCUT2D eigenvalue weighted by Crippen LogP contribution is 2.47. The molecular formula is C28H30ClNO4. The van der Waals surface area contributed by atoms with Crippen molar-refractivity contribution in [2.24, 2.45) is 0 Å². The van der Waals surface area contributed by atoms with Gasteiger partial charge in [0.2, 0.25) is 0 Å². The van der Waals surface area contributed by atoms with E-state index in [2.05, 4.69) is 5.32 Å². The second kappa shape index (κ2) is 10.1. The number of nitrogens with one attached hydrogen (secondary N) is 1. The summed E-state index contributed by atoms with van der Waals surface area (Å²) in [6.45, 7) is 5.71. The van der Waals surface area contributed by atoms with E-state index in [0.29, 0.717) is 46.9 Å². The van der Waals surface area contributed by atoms with Crippen molar-refractivity contribution in [3.63, 3.8) is 0 Å². The van der Waals surface area contributed by atoms with Gasteiger partial charge < -0.3 is 14.8 Å². The molecule has 0 radical (unpaired) electrons. The maximum Gasteiger partial charge on any atom is 0.337 e. The Morgan fingerprint density at radius 3 is 2.53 bits per heavy atom. The van der Waals surface area contributed by atoms with Crippen LogP contribution in [0.3, 0.4) is 0 Å². The Morgan fingerprint density at radius 1 is 1.15 bits per heavy atom. The topological polar surface area (TPSA) is 64.6 Å². The van der Waals surface area contributed by atoms with E-state index in [-0.39, 0.29) is 17.8 Å². The second-order valence-electron chi connectivity index (χ2n) is 8.93. The molecule has 0 spiro atoms. The molecule has 0 unspecified atom stereocenters. The van der Waals surface area contributed by atoms with Crippen LogP contribution in [-0.4, -0.2) is 25.0 Å². The molecule has 3 atom stereocenters. The number of carbonyl (C=O) groups excluding carboxylic acids is 2. The molecular weight excluding hydrogens is 450 g/mol. The minimum atomic E-state index is -0.553. The molecule has 0 aromatic heterocycles. The number of Topliss-reactive ketones (excluding diaryl/α,β-unsaturated/α-hetero) is 1. The molecule has 1 N–H and O–H groups in total. The lowest BCUT2D eigenvalue weighted by Gasteiger charge is -2.37. The van der Waals surface area contributed by atoms with Gasteiger partial charge in [-0.1, -0.05) is 48.9 Å². The van der Waals surface area contributed by atoms with Crippen LogP contribution in [0.25, 0.3) is 0 Å². The predicted molar refractivity (Wildman–Crippen MR) is 133 cm³/mol. The van der Waals surface area contributed by atoms with Gasteiger partial charge in [-0.2, -0.15) is 0 Å². The van der Waals surface area contributed by atoms with E-state index in [1.807, 2.05) is 69.3 Å². The minimum absolute atomic E-state index is 0.0194. The summed E-state index contributed by atoms with van der Waals surface area (Å²) in [7, 11) is 1.60. The molecule has 1 aliphatic carbocycles. The summed E-state index contributed by atoms with van der Waals surface area (Å²) in [5, 5.41) is 4.06. The normalized spacial score (nSPS) is 21.0. The molecule has 34 heavy (non-hydrogen) atoms. The zero-order chi connectivity index (χ0) is 24.4. The van der Waals surface area contributed by atoms with Gasteiger partial charge >= 0.3 is 5.97 Å². The number of hydrogen-bond donors (Lipinski definition) is 1. The maximum atomic E-state index is 13.7. The zero-order valence-corrected chi connectivity index (χ0v) is 20.7. The van der Waals surface area contributed by atoms with Gasteiger partial charge in [0, 0.05) is 34.0 Å². The fraction of sp³-hybridized carbons (Fsp3) is 0.357. The molecule has 0 fully saturated rings. The van der Waals surface area contributed by atoms with E-state index in [0.717, 1.165) is 16.8 Å². The van der Waals surface area contributed by atoms with Gasteiger partial charge in [0.25, 0.3) is 0 Å². The average molecular weight is 480 g/mol. The predicted octanol–water partition coefficient (Wildman–Crippen LogP) is 6.05. The average Bonchev–Trinajstić information content (AvgIpc) is 2.83. The molecule has 0 bridgehead atoms. The van der Waals surface area contributed by atoms with Gasteiger partial charge in [-0.3, -0.25) is 4.79 Å². The molecule has 0 amide bonds. The monoisotopic (exact) mass is 479 g/mol. The quantitative estimate of drug-likeness (QED) is 0.511. The molecule has 1 heterocycles. The van der Waals surface area contributed by atoms with Crippen molar-refractivity contribution < 1.29 is 19.1 Å². The molecule has 2 aromatic rings. The smallest absolute Gasteiger partial charge is 0.337 e. The molecule has 5 nitrogen and oxygen atoms in total. The number of esters is 1. The number of ketones is 1. The van der Waals surface area contributed by atoms with Crippen molar-refractivity contribution in [1.29, 1.82) is 0 Å². The molecule has 0 saturated heterocycles. The van der Waals surface area contributed by atoms with Crippen LogP contribution in [0, 0.1) is 0 Å². The number of rotatable bonds is 6. The fourth-order valence-electron chi connectivity index (χ4n) is 4.83. The van der Waals surface area contributed by atoms with Gasteiger partial charge in [-0.05, 0) is 56.4 Å². The Morgan fingerprint density at radius 2 is 1.85 bits per heavy atom. The van der Waals surface area contributed by atoms with Crippen LogP contribution < -0.4 is 10.1 Å². The minimum Gasteiger partial charge on any atom is -0.496 e. The zero-order valence-electron chi connectivity index (χ0n) is 20.0. The van der Waals surface area contributed by atoms with E-state index in [1.54, 1.807) is 7.11 Å². The lowest BCUT2D eigenvalue weighted by atomic mass is 9.71. The maximum absolute atomic E-state index is 13.7. The van der Waals surface area contributed by atoms with Crippen LogP contribution in [0.1, 0.15) is 63.0 Å². The lowest BCUT2D eigenvalue weighted by Crippen LogP contribution is -2.36. The second-order valence-corrected chi connectivity index (χ2v) is 9.37. The number of methoxy groups -OCH3 is 1. The van der Waals surface area contributed by atoms with Crippen molar-refractivity contribution in [3.8, 4) is 5.75 Å². The molecule has 6 heteroatoms. The van der Waals surface area contributed by atoms with Crippen molar-refractivity contribution >= 4 is 23.4 Å². The summed E-state index contributed by atoms with van der Waals surface area (Å²) in [6, 6.07) is 15.2. The van der Waals surface area contributed by atoms with Crippen LogP contribution >= 0.6 is 11.6 Å². The fourth-order valence-corrected chi connectivity index (χ4v) is 4.95. The molecule has 1 aliphatic heterocycles. The highest BCUT2D eigenvalue weighted by atomic mass is 35.5. The van der Waals surface area contributed by atoms with E-state index in [4.69, 9.17) is 21.1 Å². The van der Waals surface area contributed by atoms with Crippen LogP contribution in [0.5, 0.6) is 5.75 Å². The Hall–Kier alpha value is -3.05. The summed E-state index contributed by atoms with van der Waals surface area (Å²) >= 11 is 6.07. The third-order valence-electron chi connectivity index (χ3n) is 6.72. The van der Waals surface area contributed by atoms with Gasteiger partial charge in [0.15, 0.2) is 5.78 Å². The first kappa shape index (κ1) is 24.1. The third-order valence-corrected chi connectivity index (χ3v) is 6.97. The lowest BCUT2D eigenvalue weighted by molar-refractivity contribution is -0.144. The molecule has 2 aromatic carbocycles. The number of allylic oxidation sites excluding steroid dienone is 3. The van der Waals surface area contributed by atoms with Gasteiger partial charge in [0.1, 0.15) is 5.75 Å². The van der Waals surface area contributed by atoms with Gasteiger partial charge in [-0.15, -0.1) is 0 Å². The van der Waals surface area contributed by atoms with Crippen molar-refractivity contribution in [2.45, 2.75) is 58.0 Å². The van der Waals surface area contributed by atoms with Gasteiger partial charge in [0.05, 0.1) is 24.7 Å². The highest BCUT2D eigenvalue weighted by Gasteiger charge is 2.42. The largest absolute Gasteiger partial charge is 0.496 e. The van der Waals surface area contributed by atoms with Crippen molar-refractivity contribution in [3.05, 3.63) is 87.2 Å². The molecule has 178 valence electrons. The summed E-state index contributed by atoms with van der Waals surface area (Å²) < 4.78 is 11.4. The highest BCUT2D eigenvalue weighted by molar-refractivity contribution is 6.30. The summed E-state index contributed by atoms with van der Waals surface area (Å²) in [4.78, 5) is 27.0. The van der Waals surface area contributed by atoms with Crippen molar-refractivity contribution in [1.82, 2.24) is 5.32 Å². The Bertz CT molecular complexity index is 1170. The number of ether oxygens (including phenoxy) is 2. The molecule has 4 rings (SSSR count). The number of halogens is 1. The standard InChI is InChI=1S/C28H30ClNO4/c1-5-16(2)34-28(32)25-17(3)30-22-14-19(18-10-12-20(29)13-11-18)15-23(31)27(22)26(25)21-8-6-7-9-24(21)33-4/h6-13,16,19,26,30H,5,14-15H2,1-4H3/t16-,19-,26-/m1/s1. The van der Waals surface area contributed by atoms with E-state index < -0.39 is 11.9 Å². The number of benzene rings is 2. The first-order valence-electron chi connectivity index (χ1n) is 11.7.